The SMILES string of the molecule is O=C(Nc1ccc2nc(-c3ccccc3)c(-c3ccccc3)cc2c1)NC1(CO)CCCC1. The summed E-state index contributed by atoms with van der Waals surface area (Å²) in [5, 5.41) is 16.7. The first-order valence-corrected chi connectivity index (χ1v) is 11.4. The molecular formula is C28H27N3O2. The highest BCUT2D eigenvalue weighted by atomic mass is 16.3. The van der Waals surface area contributed by atoms with Crippen LogP contribution in [0.25, 0.3) is 33.3 Å². The lowest BCUT2D eigenvalue weighted by Gasteiger charge is -2.28. The molecule has 5 nitrogen and oxygen atoms in total. The van der Waals surface area contributed by atoms with Crippen molar-refractivity contribution in [3.63, 3.8) is 0 Å². The van der Waals surface area contributed by atoms with Crippen molar-refractivity contribution in [2.24, 2.45) is 0 Å². The highest BCUT2D eigenvalue weighted by molar-refractivity contribution is 5.96. The largest absolute Gasteiger partial charge is 0.394 e. The third kappa shape index (κ3) is 4.45. The van der Waals surface area contributed by atoms with Crippen molar-refractivity contribution in [3.05, 3.63) is 84.9 Å². The number of benzene rings is 3. The van der Waals surface area contributed by atoms with E-state index in [1.165, 1.54) is 0 Å². The normalized spacial score (nSPS) is 14.8. The number of pyridine rings is 1. The highest BCUT2D eigenvalue weighted by Crippen LogP contribution is 2.34. The van der Waals surface area contributed by atoms with Crippen molar-refractivity contribution in [2.75, 3.05) is 11.9 Å². The summed E-state index contributed by atoms with van der Waals surface area (Å²) in [7, 11) is 0. The van der Waals surface area contributed by atoms with Crippen molar-refractivity contribution in [1.82, 2.24) is 10.3 Å². The van der Waals surface area contributed by atoms with Crippen LogP contribution in [0, 0.1) is 0 Å². The molecule has 0 atom stereocenters. The molecule has 2 amide bonds. The van der Waals surface area contributed by atoms with E-state index in [-0.39, 0.29) is 12.6 Å². The van der Waals surface area contributed by atoms with Gasteiger partial charge in [-0.25, -0.2) is 9.78 Å². The first-order valence-electron chi connectivity index (χ1n) is 11.4. The third-order valence-corrected chi connectivity index (χ3v) is 6.45. The predicted molar refractivity (Wildman–Crippen MR) is 133 cm³/mol. The molecule has 5 heteroatoms. The minimum Gasteiger partial charge on any atom is -0.394 e. The second kappa shape index (κ2) is 9.04. The molecule has 0 spiro atoms. The van der Waals surface area contributed by atoms with E-state index in [2.05, 4.69) is 41.0 Å². The first kappa shape index (κ1) is 21.2. The van der Waals surface area contributed by atoms with Crippen LogP contribution in [0.2, 0.25) is 0 Å². The van der Waals surface area contributed by atoms with E-state index in [0.717, 1.165) is 59.0 Å². The quantitative estimate of drug-likeness (QED) is 0.359. The molecule has 0 radical (unpaired) electrons. The summed E-state index contributed by atoms with van der Waals surface area (Å²) in [6.07, 6.45) is 3.66. The maximum atomic E-state index is 12.6. The van der Waals surface area contributed by atoms with Gasteiger partial charge in [0.15, 0.2) is 0 Å². The number of amides is 2. The zero-order valence-corrected chi connectivity index (χ0v) is 18.4. The molecule has 0 saturated heterocycles. The topological polar surface area (TPSA) is 74.2 Å². The Morgan fingerprint density at radius 3 is 2.21 bits per heavy atom. The number of carbonyl (C=O) groups is 1. The minimum atomic E-state index is -0.506. The zero-order valence-electron chi connectivity index (χ0n) is 18.4. The lowest BCUT2D eigenvalue weighted by molar-refractivity contribution is 0.167. The van der Waals surface area contributed by atoms with Crippen molar-refractivity contribution in [2.45, 2.75) is 31.2 Å². The second-order valence-corrected chi connectivity index (χ2v) is 8.75. The molecule has 4 aromatic rings. The number of urea groups is 1. The van der Waals surface area contributed by atoms with Crippen LogP contribution in [0.1, 0.15) is 25.7 Å². The molecule has 0 unspecified atom stereocenters. The van der Waals surface area contributed by atoms with Gasteiger partial charge in [0.25, 0.3) is 0 Å². The summed E-state index contributed by atoms with van der Waals surface area (Å²) >= 11 is 0. The predicted octanol–water partition coefficient (Wildman–Crippen LogP) is 6.00. The van der Waals surface area contributed by atoms with Crippen LogP contribution >= 0.6 is 0 Å². The molecule has 0 aliphatic heterocycles. The summed E-state index contributed by atoms with van der Waals surface area (Å²) in [6.45, 7) is -0.0369. The molecule has 1 aliphatic rings. The zero-order chi connectivity index (χ0) is 22.7. The Morgan fingerprint density at radius 2 is 1.55 bits per heavy atom. The molecule has 3 N–H and O–H groups in total. The molecule has 1 aromatic heterocycles. The minimum absolute atomic E-state index is 0.0369. The molecule has 1 fully saturated rings. The van der Waals surface area contributed by atoms with Crippen LogP contribution in [0.4, 0.5) is 10.5 Å². The number of rotatable bonds is 5. The average Bonchev–Trinajstić information content (AvgIpc) is 3.33. The fourth-order valence-corrected chi connectivity index (χ4v) is 4.69. The van der Waals surface area contributed by atoms with Gasteiger partial charge in [0.05, 0.1) is 23.4 Å². The van der Waals surface area contributed by atoms with Gasteiger partial charge in [-0.3, -0.25) is 0 Å². The van der Waals surface area contributed by atoms with Gasteiger partial charge in [-0.1, -0.05) is 73.5 Å². The fourth-order valence-electron chi connectivity index (χ4n) is 4.69. The Balaban J connectivity index is 1.50. The van der Waals surface area contributed by atoms with E-state index in [0.29, 0.717) is 5.69 Å². The second-order valence-electron chi connectivity index (χ2n) is 8.75. The van der Waals surface area contributed by atoms with Gasteiger partial charge in [-0.2, -0.15) is 0 Å². The Bertz CT molecular complexity index is 1270. The van der Waals surface area contributed by atoms with Crippen molar-refractivity contribution in [3.8, 4) is 22.4 Å². The van der Waals surface area contributed by atoms with Crippen LogP contribution in [0.5, 0.6) is 0 Å². The van der Waals surface area contributed by atoms with Crippen LogP contribution in [-0.2, 0) is 0 Å². The van der Waals surface area contributed by atoms with Crippen molar-refractivity contribution < 1.29 is 9.90 Å². The summed E-state index contributed by atoms with van der Waals surface area (Å²) < 4.78 is 0. The number of anilines is 1. The Labute approximate surface area is 193 Å². The maximum absolute atomic E-state index is 12.6. The molecule has 1 heterocycles. The van der Waals surface area contributed by atoms with Gasteiger partial charge < -0.3 is 15.7 Å². The molecule has 5 rings (SSSR count). The fraction of sp³-hybridized carbons (Fsp3) is 0.214. The first-order chi connectivity index (χ1) is 16.2. The number of aromatic nitrogens is 1. The van der Waals surface area contributed by atoms with E-state index in [1.807, 2.05) is 54.6 Å². The molecule has 3 aromatic carbocycles. The number of aliphatic hydroxyl groups excluding tert-OH is 1. The Morgan fingerprint density at radius 1 is 0.879 bits per heavy atom. The standard InChI is InChI=1S/C28H27N3O2/c32-19-28(15-7-8-16-28)31-27(33)29-23-13-14-25-22(17-23)18-24(20-9-3-1-4-10-20)26(30-25)21-11-5-2-6-12-21/h1-6,9-14,17-18,32H,7-8,15-16,19H2,(H2,29,31,33). The summed E-state index contributed by atoms with van der Waals surface area (Å²) in [4.78, 5) is 17.6. The molecule has 1 aliphatic carbocycles. The van der Waals surface area contributed by atoms with Gasteiger partial charge in [-0.05, 0) is 42.7 Å². The van der Waals surface area contributed by atoms with Gasteiger partial charge >= 0.3 is 6.03 Å². The van der Waals surface area contributed by atoms with E-state index in [4.69, 9.17) is 4.98 Å². The summed E-state index contributed by atoms with van der Waals surface area (Å²) in [5.74, 6) is 0. The summed E-state index contributed by atoms with van der Waals surface area (Å²) in [5.41, 5.74) is 5.17. The number of nitrogens with zero attached hydrogens (tertiary/aromatic N) is 1. The molecular weight excluding hydrogens is 410 g/mol. The average molecular weight is 438 g/mol. The lowest BCUT2D eigenvalue weighted by Crippen LogP contribution is -2.50. The Kier molecular flexibility index (Phi) is 5.80. The van der Waals surface area contributed by atoms with Gasteiger partial charge in [0, 0.05) is 22.2 Å². The number of hydrogen-bond donors (Lipinski definition) is 3. The molecule has 0 bridgehead atoms. The van der Waals surface area contributed by atoms with Crippen LogP contribution in [0.3, 0.4) is 0 Å². The highest BCUT2D eigenvalue weighted by Gasteiger charge is 2.34. The van der Waals surface area contributed by atoms with Gasteiger partial charge in [0.1, 0.15) is 0 Å². The van der Waals surface area contributed by atoms with E-state index < -0.39 is 5.54 Å². The molecule has 166 valence electrons. The smallest absolute Gasteiger partial charge is 0.319 e. The van der Waals surface area contributed by atoms with E-state index >= 15 is 0 Å². The maximum Gasteiger partial charge on any atom is 0.319 e. The number of nitrogens with one attached hydrogen (secondary N) is 2. The number of hydrogen-bond acceptors (Lipinski definition) is 3. The third-order valence-electron chi connectivity index (χ3n) is 6.45. The van der Waals surface area contributed by atoms with Crippen molar-refractivity contribution in [1.29, 1.82) is 0 Å². The number of carbonyl (C=O) groups excluding carboxylic acids is 1. The lowest BCUT2D eigenvalue weighted by atomic mass is 9.97. The summed E-state index contributed by atoms with van der Waals surface area (Å²) in [6, 6.07) is 28.0. The van der Waals surface area contributed by atoms with E-state index in [1.54, 1.807) is 0 Å². The van der Waals surface area contributed by atoms with E-state index in [9.17, 15) is 9.90 Å². The number of fused-ring (bicyclic) bond motifs is 1. The number of aliphatic hydroxyl groups is 1. The Hall–Kier alpha value is -3.70. The van der Waals surface area contributed by atoms with Crippen LogP contribution in [0.15, 0.2) is 84.9 Å². The van der Waals surface area contributed by atoms with Gasteiger partial charge in [-0.15, -0.1) is 0 Å². The molecule has 33 heavy (non-hydrogen) atoms. The van der Waals surface area contributed by atoms with Crippen LogP contribution in [-0.4, -0.2) is 28.3 Å². The van der Waals surface area contributed by atoms with Gasteiger partial charge in [0.2, 0.25) is 0 Å². The molecule has 1 saturated carbocycles. The van der Waals surface area contributed by atoms with Crippen molar-refractivity contribution >= 4 is 22.6 Å². The monoisotopic (exact) mass is 437 g/mol. The van der Waals surface area contributed by atoms with Crippen LogP contribution < -0.4 is 10.6 Å².